The molecule has 0 saturated heterocycles. The number of rotatable bonds is 1. The summed E-state index contributed by atoms with van der Waals surface area (Å²) < 4.78 is 0. The quantitative estimate of drug-likeness (QED) is 0.223. The molecule has 0 heterocycles. The van der Waals surface area contributed by atoms with Crippen molar-refractivity contribution in [2.75, 3.05) is 0 Å². The van der Waals surface area contributed by atoms with Crippen LogP contribution in [0.25, 0.3) is 43.1 Å². The van der Waals surface area contributed by atoms with Crippen LogP contribution in [-0.2, 0) is 0 Å². The third-order valence-corrected chi connectivity index (χ3v) is 4.69. The van der Waals surface area contributed by atoms with Gasteiger partial charge in [-0.15, -0.1) is 0 Å². The Bertz CT molecular complexity index is 1170. The third-order valence-electron chi connectivity index (χ3n) is 4.69. The molecule has 0 aliphatic heterocycles. The minimum Gasteiger partial charge on any atom is -0.298 e. The maximum Gasteiger partial charge on any atom is 0.151 e. The Hall–Kier alpha value is -2.93. The Kier molecular flexibility index (Phi) is 2.15. The van der Waals surface area contributed by atoms with Crippen molar-refractivity contribution in [2.24, 2.45) is 0 Å². The number of hydrogen-bond acceptors (Lipinski definition) is 1. The highest BCUT2D eigenvalue weighted by atomic mass is 16.1. The van der Waals surface area contributed by atoms with E-state index in [1.807, 2.05) is 18.2 Å². The number of fused-ring (bicyclic) bond motifs is 2. The minimum atomic E-state index is 0.793. The summed E-state index contributed by atoms with van der Waals surface area (Å²) in [7, 11) is 0. The lowest BCUT2D eigenvalue weighted by Crippen LogP contribution is -1.91. The second-order valence-electron chi connectivity index (χ2n) is 5.76. The average molecular weight is 280 g/mol. The monoisotopic (exact) mass is 280 g/mol. The molecule has 1 heteroatoms. The predicted molar refractivity (Wildman–Crippen MR) is 93.0 cm³/mol. The summed E-state index contributed by atoms with van der Waals surface area (Å²) in [4.78, 5) is 11.8. The van der Waals surface area contributed by atoms with E-state index in [1.165, 1.54) is 26.9 Å². The summed E-state index contributed by atoms with van der Waals surface area (Å²) in [6, 6.07) is 23.1. The molecule has 0 unspecified atom stereocenters. The Labute approximate surface area is 127 Å². The lowest BCUT2D eigenvalue weighted by atomic mass is 9.88. The first-order valence-corrected chi connectivity index (χ1v) is 7.42. The van der Waals surface area contributed by atoms with Crippen molar-refractivity contribution in [2.45, 2.75) is 0 Å². The zero-order valence-electron chi connectivity index (χ0n) is 11.8. The van der Waals surface area contributed by atoms with Gasteiger partial charge in [0, 0.05) is 5.56 Å². The first-order valence-electron chi connectivity index (χ1n) is 7.42. The van der Waals surface area contributed by atoms with Crippen molar-refractivity contribution in [1.29, 1.82) is 0 Å². The summed E-state index contributed by atoms with van der Waals surface area (Å²) in [5, 5.41) is 9.36. The van der Waals surface area contributed by atoms with Gasteiger partial charge in [0.25, 0.3) is 0 Å². The lowest BCUT2D eigenvalue weighted by Gasteiger charge is -2.15. The standard InChI is InChI=1S/C21H12O/c22-12-19-16-7-2-1-6-15(16)17-10-8-13-4-3-5-14-9-11-18(19)21(17)20(13)14/h1-12H. The molecule has 1 nitrogen and oxygen atoms in total. The number of carbonyl (C=O) groups excluding carboxylic acids is 1. The molecule has 0 aliphatic rings. The van der Waals surface area contributed by atoms with E-state index in [2.05, 4.69) is 48.5 Å². The summed E-state index contributed by atoms with van der Waals surface area (Å²) in [5.41, 5.74) is 0.793. The van der Waals surface area contributed by atoms with Crippen molar-refractivity contribution >= 4 is 49.4 Å². The molecular formula is C21H12O. The SMILES string of the molecule is O=Cc1c2ccccc2c2ccc3cccc4ccc1c2c43. The molecule has 0 atom stereocenters. The Morgan fingerprint density at radius 1 is 0.545 bits per heavy atom. The van der Waals surface area contributed by atoms with Crippen LogP contribution >= 0.6 is 0 Å². The van der Waals surface area contributed by atoms with Gasteiger partial charge in [-0.2, -0.15) is 0 Å². The van der Waals surface area contributed by atoms with Gasteiger partial charge in [-0.3, -0.25) is 4.79 Å². The van der Waals surface area contributed by atoms with E-state index in [9.17, 15) is 4.79 Å². The third kappa shape index (κ3) is 1.31. The van der Waals surface area contributed by atoms with E-state index in [1.54, 1.807) is 0 Å². The molecule has 0 N–H and O–H groups in total. The maximum atomic E-state index is 11.8. The van der Waals surface area contributed by atoms with E-state index in [0.29, 0.717) is 0 Å². The molecule has 0 saturated carbocycles. The molecule has 0 radical (unpaired) electrons. The first-order chi connectivity index (χ1) is 10.9. The topological polar surface area (TPSA) is 17.1 Å². The highest BCUT2D eigenvalue weighted by Crippen LogP contribution is 2.40. The van der Waals surface area contributed by atoms with Gasteiger partial charge in [-0.05, 0) is 43.1 Å². The fourth-order valence-corrected chi connectivity index (χ4v) is 3.76. The van der Waals surface area contributed by atoms with Gasteiger partial charge >= 0.3 is 0 Å². The normalized spacial score (nSPS) is 11.8. The largest absolute Gasteiger partial charge is 0.298 e. The summed E-state index contributed by atoms with van der Waals surface area (Å²) >= 11 is 0. The highest BCUT2D eigenvalue weighted by Gasteiger charge is 2.14. The fraction of sp³-hybridized carbons (Fsp3) is 0. The van der Waals surface area contributed by atoms with Gasteiger partial charge in [0.05, 0.1) is 0 Å². The summed E-state index contributed by atoms with van der Waals surface area (Å²) in [6.45, 7) is 0. The molecule has 5 aromatic carbocycles. The molecule has 0 amide bonds. The van der Waals surface area contributed by atoms with Gasteiger partial charge in [0.1, 0.15) is 0 Å². The summed E-state index contributed by atoms with van der Waals surface area (Å²) in [6.07, 6.45) is 0.994. The van der Waals surface area contributed by atoms with Crippen LogP contribution in [0.5, 0.6) is 0 Å². The predicted octanol–water partition coefficient (Wildman–Crippen LogP) is 5.55. The molecule has 5 rings (SSSR count). The van der Waals surface area contributed by atoms with Crippen molar-refractivity contribution in [3.8, 4) is 0 Å². The van der Waals surface area contributed by atoms with E-state index >= 15 is 0 Å². The molecule has 0 aromatic heterocycles. The van der Waals surface area contributed by atoms with E-state index < -0.39 is 0 Å². The lowest BCUT2D eigenvalue weighted by molar-refractivity contribution is 0.112. The first kappa shape index (κ1) is 11.7. The zero-order valence-corrected chi connectivity index (χ0v) is 11.8. The second kappa shape index (κ2) is 4.05. The fourth-order valence-electron chi connectivity index (χ4n) is 3.76. The number of benzene rings is 5. The van der Waals surface area contributed by atoms with E-state index in [4.69, 9.17) is 0 Å². The Morgan fingerprint density at radius 3 is 1.95 bits per heavy atom. The van der Waals surface area contributed by atoms with Crippen molar-refractivity contribution in [1.82, 2.24) is 0 Å². The van der Waals surface area contributed by atoms with Crippen LogP contribution in [0, 0.1) is 0 Å². The molecule has 102 valence electrons. The zero-order chi connectivity index (χ0) is 14.7. The van der Waals surface area contributed by atoms with Crippen LogP contribution in [0.15, 0.2) is 66.7 Å². The van der Waals surface area contributed by atoms with Crippen LogP contribution in [0.2, 0.25) is 0 Å². The van der Waals surface area contributed by atoms with Gasteiger partial charge in [0.2, 0.25) is 0 Å². The van der Waals surface area contributed by atoms with Crippen LogP contribution < -0.4 is 0 Å². The van der Waals surface area contributed by atoms with Gasteiger partial charge in [-0.1, -0.05) is 66.7 Å². The molecule has 5 aromatic rings. The van der Waals surface area contributed by atoms with Crippen molar-refractivity contribution in [3.63, 3.8) is 0 Å². The Balaban J connectivity index is 2.25. The van der Waals surface area contributed by atoms with Crippen molar-refractivity contribution < 1.29 is 4.79 Å². The van der Waals surface area contributed by atoms with Gasteiger partial charge in [-0.25, -0.2) is 0 Å². The number of carbonyl (C=O) groups is 1. The van der Waals surface area contributed by atoms with E-state index in [-0.39, 0.29) is 0 Å². The molecular weight excluding hydrogens is 268 g/mol. The Morgan fingerprint density at radius 2 is 1.23 bits per heavy atom. The summed E-state index contributed by atoms with van der Waals surface area (Å²) in [5.74, 6) is 0. The molecule has 0 spiro atoms. The van der Waals surface area contributed by atoms with Crippen molar-refractivity contribution in [3.05, 3.63) is 72.3 Å². The van der Waals surface area contributed by atoms with Crippen LogP contribution in [0.4, 0.5) is 0 Å². The average Bonchev–Trinajstić information content (AvgIpc) is 2.59. The second-order valence-corrected chi connectivity index (χ2v) is 5.76. The smallest absolute Gasteiger partial charge is 0.151 e. The molecule has 0 fully saturated rings. The maximum absolute atomic E-state index is 11.8. The number of hydrogen-bond donors (Lipinski definition) is 0. The van der Waals surface area contributed by atoms with Gasteiger partial charge < -0.3 is 0 Å². The van der Waals surface area contributed by atoms with Crippen LogP contribution in [-0.4, -0.2) is 6.29 Å². The molecule has 0 bridgehead atoms. The van der Waals surface area contributed by atoms with Crippen LogP contribution in [0.1, 0.15) is 10.4 Å². The molecule has 22 heavy (non-hydrogen) atoms. The number of aldehydes is 1. The van der Waals surface area contributed by atoms with Gasteiger partial charge in [0.15, 0.2) is 6.29 Å². The minimum absolute atomic E-state index is 0.793. The van der Waals surface area contributed by atoms with Crippen LogP contribution in [0.3, 0.4) is 0 Å². The molecule has 0 aliphatic carbocycles. The highest BCUT2D eigenvalue weighted by molar-refractivity contribution is 6.32. The van der Waals surface area contributed by atoms with E-state index in [0.717, 1.165) is 28.0 Å².